The van der Waals surface area contributed by atoms with Gasteiger partial charge in [0.2, 0.25) is 0 Å². The summed E-state index contributed by atoms with van der Waals surface area (Å²) in [6, 6.07) is 4.78. The molecular weight excluding hydrogens is 244 g/mol. The summed E-state index contributed by atoms with van der Waals surface area (Å²) in [7, 11) is 0. The number of aryl methyl sites for hydroxylation is 1. The molecule has 0 amide bonds. The Morgan fingerprint density at radius 3 is 2.89 bits per heavy atom. The molecule has 2 aromatic heterocycles. The van der Waals surface area contributed by atoms with E-state index in [0.717, 1.165) is 11.3 Å². The van der Waals surface area contributed by atoms with Crippen molar-refractivity contribution in [3.05, 3.63) is 42.1 Å². The SMILES string of the molecule is Cc1cc(-c2cccnc2)nc(C(N)CC(=O)O)n1. The topological polar surface area (TPSA) is 102 Å². The number of aromatic nitrogens is 3. The van der Waals surface area contributed by atoms with E-state index in [-0.39, 0.29) is 6.42 Å². The van der Waals surface area contributed by atoms with Crippen molar-refractivity contribution in [1.82, 2.24) is 15.0 Å². The lowest BCUT2D eigenvalue weighted by molar-refractivity contribution is -0.137. The van der Waals surface area contributed by atoms with E-state index in [1.807, 2.05) is 25.1 Å². The third-order valence-electron chi connectivity index (χ3n) is 2.55. The number of hydrogen-bond donors (Lipinski definition) is 2. The fraction of sp³-hybridized carbons (Fsp3) is 0.231. The van der Waals surface area contributed by atoms with Crippen molar-refractivity contribution in [2.24, 2.45) is 5.73 Å². The summed E-state index contributed by atoms with van der Waals surface area (Å²) >= 11 is 0. The zero-order valence-corrected chi connectivity index (χ0v) is 10.4. The second-order valence-corrected chi connectivity index (χ2v) is 4.20. The molecule has 0 aliphatic heterocycles. The Labute approximate surface area is 110 Å². The minimum absolute atomic E-state index is 0.198. The highest BCUT2D eigenvalue weighted by Crippen LogP contribution is 2.19. The van der Waals surface area contributed by atoms with Crippen LogP contribution in [0.1, 0.15) is 24.0 Å². The Balaban J connectivity index is 2.37. The molecule has 0 aliphatic carbocycles. The molecule has 1 atom stereocenters. The van der Waals surface area contributed by atoms with Gasteiger partial charge in [-0.05, 0) is 25.1 Å². The molecule has 98 valence electrons. The number of carboxylic acids is 1. The lowest BCUT2D eigenvalue weighted by Crippen LogP contribution is -2.18. The molecule has 0 fully saturated rings. The Morgan fingerprint density at radius 2 is 2.26 bits per heavy atom. The van der Waals surface area contributed by atoms with Crippen LogP contribution in [0, 0.1) is 6.92 Å². The van der Waals surface area contributed by atoms with Crippen molar-refractivity contribution < 1.29 is 9.90 Å². The molecule has 0 saturated heterocycles. The second kappa shape index (κ2) is 5.53. The van der Waals surface area contributed by atoms with Gasteiger partial charge in [0.05, 0.1) is 18.2 Å². The summed E-state index contributed by atoms with van der Waals surface area (Å²) in [6.45, 7) is 1.82. The highest BCUT2D eigenvalue weighted by atomic mass is 16.4. The maximum absolute atomic E-state index is 10.7. The third kappa shape index (κ3) is 3.32. The zero-order valence-electron chi connectivity index (χ0n) is 10.4. The number of nitrogens with zero attached hydrogens (tertiary/aromatic N) is 3. The van der Waals surface area contributed by atoms with Gasteiger partial charge in [0, 0.05) is 23.7 Å². The van der Waals surface area contributed by atoms with Crippen LogP contribution in [0.4, 0.5) is 0 Å². The van der Waals surface area contributed by atoms with E-state index in [4.69, 9.17) is 10.8 Å². The van der Waals surface area contributed by atoms with E-state index < -0.39 is 12.0 Å². The van der Waals surface area contributed by atoms with Crippen LogP contribution < -0.4 is 5.73 Å². The maximum atomic E-state index is 10.7. The van der Waals surface area contributed by atoms with Crippen molar-refractivity contribution >= 4 is 5.97 Å². The molecule has 2 heterocycles. The number of nitrogens with two attached hydrogens (primary N) is 1. The van der Waals surface area contributed by atoms with E-state index in [1.54, 1.807) is 12.4 Å². The first-order valence-electron chi connectivity index (χ1n) is 5.79. The second-order valence-electron chi connectivity index (χ2n) is 4.20. The molecule has 3 N–H and O–H groups in total. The Morgan fingerprint density at radius 1 is 1.47 bits per heavy atom. The van der Waals surface area contributed by atoms with Crippen molar-refractivity contribution in [2.75, 3.05) is 0 Å². The van der Waals surface area contributed by atoms with Gasteiger partial charge < -0.3 is 10.8 Å². The van der Waals surface area contributed by atoms with Gasteiger partial charge in [-0.2, -0.15) is 0 Å². The Kier molecular flexibility index (Phi) is 3.82. The molecule has 0 radical (unpaired) electrons. The van der Waals surface area contributed by atoms with Crippen LogP contribution in [0.25, 0.3) is 11.3 Å². The molecule has 0 saturated carbocycles. The lowest BCUT2D eigenvalue weighted by Gasteiger charge is -2.10. The third-order valence-corrected chi connectivity index (χ3v) is 2.55. The van der Waals surface area contributed by atoms with Gasteiger partial charge in [-0.25, -0.2) is 9.97 Å². The largest absolute Gasteiger partial charge is 0.481 e. The molecule has 19 heavy (non-hydrogen) atoms. The zero-order chi connectivity index (χ0) is 13.8. The first kappa shape index (κ1) is 13.1. The van der Waals surface area contributed by atoms with Crippen molar-refractivity contribution in [3.8, 4) is 11.3 Å². The summed E-state index contributed by atoms with van der Waals surface area (Å²) in [5.41, 5.74) is 8.07. The van der Waals surface area contributed by atoms with Gasteiger partial charge >= 0.3 is 5.97 Å². The Hall–Kier alpha value is -2.34. The molecule has 2 rings (SSSR count). The van der Waals surface area contributed by atoms with Gasteiger partial charge in [0.1, 0.15) is 5.82 Å². The van der Waals surface area contributed by atoms with Crippen molar-refractivity contribution in [1.29, 1.82) is 0 Å². The number of carbonyl (C=O) groups is 1. The molecule has 6 nitrogen and oxygen atoms in total. The summed E-state index contributed by atoms with van der Waals surface area (Å²) in [5.74, 6) is -0.637. The van der Waals surface area contributed by atoms with E-state index in [9.17, 15) is 4.79 Å². The highest BCUT2D eigenvalue weighted by molar-refractivity contribution is 5.67. The van der Waals surface area contributed by atoms with Crippen LogP contribution in [0.3, 0.4) is 0 Å². The van der Waals surface area contributed by atoms with Crippen LogP contribution in [-0.4, -0.2) is 26.0 Å². The van der Waals surface area contributed by atoms with Gasteiger partial charge in [-0.1, -0.05) is 0 Å². The minimum atomic E-state index is -0.972. The van der Waals surface area contributed by atoms with Gasteiger partial charge in [-0.3, -0.25) is 9.78 Å². The fourth-order valence-corrected chi connectivity index (χ4v) is 1.70. The van der Waals surface area contributed by atoms with Gasteiger partial charge in [0.15, 0.2) is 0 Å². The number of aliphatic carboxylic acids is 1. The van der Waals surface area contributed by atoms with Crippen LogP contribution in [0.5, 0.6) is 0 Å². The van der Waals surface area contributed by atoms with Crippen LogP contribution in [-0.2, 0) is 4.79 Å². The smallest absolute Gasteiger partial charge is 0.305 e. The molecule has 0 bridgehead atoms. The molecule has 6 heteroatoms. The quantitative estimate of drug-likeness (QED) is 0.857. The van der Waals surface area contributed by atoms with Crippen molar-refractivity contribution in [3.63, 3.8) is 0 Å². The number of rotatable bonds is 4. The predicted octanol–water partition coefficient (Wildman–Crippen LogP) is 1.32. The standard InChI is InChI=1S/C13H14N4O2/c1-8-5-11(9-3-2-4-15-7-9)17-13(16-8)10(14)6-12(18)19/h2-5,7,10H,6,14H2,1H3,(H,18,19). The van der Waals surface area contributed by atoms with E-state index >= 15 is 0 Å². The highest BCUT2D eigenvalue weighted by Gasteiger charge is 2.15. The van der Waals surface area contributed by atoms with Crippen LogP contribution in [0.15, 0.2) is 30.6 Å². The molecule has 0 aromatic carbocycles. The number of pyridine rings is 1. The molecule has 0 aliphatic rings. The summed E-state index contributed by atoms with van der Waals surface area (Å²) in [6.07, 6.45) is 3.17. The average molecular weight is 258 g/mol. The van der Waals surface area contributed by atoms with Crippen LogP contribution >= 0.6 is 0 Å². The fourth-order valence-electron chi connectivity index (χ4n) is 1.70. The van der Waals surface area contributed by atoms with Crippen molar-refractivity contribution in [2.45, 2.75) is 19.4 Å². The predicted molar refractivity (Wildman–Crippen MR) is 69.2 cm³/mol. The first-order valence-corrected chi connectivity index (χ1v) is 5.79. The molecule has 2 aromatic rings. The van der Waals surface area contributed by atoms with E-state index in [2.05, 4.69) is 15.0 Å². The first-order chi connectivity index (χ1) is 9.06. The Bertz CT molecular complexity index is 586. The van der Waals surface area contributed by atoms with Gasteiger partial charge in [-0.15, -0.1) is 0 Å². The molecule has 1 unspecified atom stereocenters. The maximum Gasteiger partial charge on any atom is 0.305 e. The molecule has 0 spiro atoms. The minimum Gasteiger partial charge on any atom is -0.481 e. The van der Waals surface area contributed by atoms with E-state index in [1.165, 1.54) is 0 Å². The number of hydrogen-bond acceptors (Lipinski definition) is 5. The monoisotopic (exact) mass is 258 g/mol. The summed E-state index contributed by atoms with van der Waals surface area (Å²) in [4.78, 5) is 23.2. The van der Waals surface area contributed by atoms with Gasteiger partial charge in [0.25, 0.3) is 0 Å². The average Bonchev–Trinajstić information content (AvgIpc) is 2.38. The normalized spacial score (nSPS) is 12.1. The lowest BCUT2D eigenvalue weighted by atomic mass is 10.1. The van der Waals surface area contributed by atoms with Crippen LogP contribution in [0.2, 0.25) is 0 Å². The van der Waals surface area contributed by atoms with E-state index in [0.29, 0.717) is 11.5 Å². The summed E-state index contributed by atoms with van der Waals surface area (Å²) in [5, 5.41) is 8.76. The number of carboxylic acid groups (broad SMARTS) is 1. The molecular formula is C13H14N4O2. The summed E-state index contributed by atoms with van der Waals surface area (Å²) < 4.78 is 0.